The highest BCUT2D eigenvalue weighted by Gasteiger charge is 2.22. The molecule has 0 saturated carbocycles. The molecule has 2 atom stereocenters. The van der Waals surface area contributed by atoms with Gasteiger partial charge in [-0.2, -0.15) is 0 Å². The van der Waals surface area contributed by atoms with Crippen LogP contribution in [0.15, 0.2) is 30.3 Å². The van der Waals surface area contributed by atoms with Crippen LogP contribution in [0.3, 0.4) is 0 Å². The molecule has 1 N–H and O–H groups in total. The lowest BCUT2D eigenvalue weighted by Gasteiger charge is -2.21. The summed E-state index contributed by atoms with van der Waals surface area (Å²) in [6.07, 6.45) is 0. The maximum atomic E-state index is 12.1. The van der Waals surface area contributed by atoms with Crippen molar-refractivity contribution in [3.63, 3.8) is 0 Å². The molecule has 3 nitrogen and oxygen atoms in total. The van der Waals surface area contributed by atoms with Gasteiger partial charge in [0, 0.05) is 11.9 Å². The van der Waals surface area contributed by atoms with E-state index >= 15 is 0 Å². The van der Waals surface area contributed by atoms with E-state index in [4.69, 9.17) is 11.6 Å². The second-order valence-corrected chi connectivity index (χ2v) is 7.32. The van der Waals surface area contributed by atoms with E-state index in [0.717, 1.165) is 5.56 Å². The quantitative estimate of drug-likeness (QED) is 0.787. The molecule has 0 aliphatic heterocycles. The lowest BCUT2D eigenvalue weighted by molar-refractivity contribution is 0.479. The molecule has 0 aliphatic rings. The largest absolute Gasteiger partial charge is 0.212 e. The van der Waals surface area contributed by atoms with Gasteiger partial charge in [-0.25, -0.2) is 13.1 Å². The fourth-order valence-corrected chi connectivity index (χ4v) is 4.12. The predicted molar refractivity (Wildman–Crippen MR) is 81.1 cm³/mol. The van der Waals surface area contributed by atoms with Crippen molar-refractivity contribution in [2.75, 3.05) is 11.6 Å². The van der Waals surface area contributed by atoms with Crippen molar-refractivity contribution in [2.24, 2.45) is 5.92 Å². The van der Waals surface area contributed by atoms with Crippen LogP contribution in [0.2, 0.25) is 0 Å². The highest BCUT2D eigenvalue weighted by molar-refractivity contribution is 7.89. The van der Waals surface area contributed by atoms with Crippen molar-refractivity contribution in [2.45, 2.75) is 32.7 Å². The van der Waals surface area contributed by atoms with E-state index in [9.17, 15) is 8.42 Å². The first-order valence-corrected chi connectivity index (χ1v) is 8.65. The maximum absolute atomic E-state index is 12.1. The molecule has 108 valence electrons. The Kier molecular flexibility index (Phi) is 6.30. The first-order valence-electron chi connectivity index (χ1n) is 6.46. The van der Waals surface area contributed by atoms with Gasteiger partial charge in [0.15, 0.2) is 0 Å². The molecule has 19 heavy (non-hydrogen) atoms. The molecule has 0 saturated heterocycles. The van der Waals surface area contributed by atoms with Crippen LogP contribution < -0.4 is 4.72 Å². The number of alkyl halides is 1. The SMILES string of the molecule is CC(CS(=O)(=O)NC(CCl)C(C)C)c1ccccc1. The molecule has 0 heterocycles. The Balaban J connectivity index is 2.69. The molecular formula is C14H22ClNO2S. The van der Waals surface area contributed by atoms with Crippen LogP contribution in [-0.2, 0) is 10.0 Å². The van der Waals surface area contributed by atoms with Gasteiger partial charge in [0.2, 0.25) is 10.0 Å². The molecule has 1 aromatic carbocycles. The first kappa shape index (κ1) is 16.5. The van der Waals surface area contributed by atoms with Crippen molar-refractivity contribution >= 4 is 21.6 Å². The summed E-state index contributed by atoms with van der Waals surface area (Å²) in [4.78, 5) is 0. The topological polar surface area (TPSA) is 46.2 Å². The molecule has 1 aromatic rings. The summed E-state index contributed by atoms with van der Waals surface area (Å²) < 4.78 is 26.9. The number of hydrogen-bond acceptors (Lipinski definition) is 2. The summed E-state index contributed by atoms with van der Waals surface area (Å²) in [7, 11) is -3.32. The summed E-state index contributed by atoms with van der Waals surface area (Å²) in [6, 6.07) is 9.44. The number of hydrogen-bond donors (Lipinski definition) is 1. The zero-order chi connectivity index (χ0) is 14.5. The van der Waals surface area contributed by atoms with E-state index in [1.807, 2.05) is 51.1 Å². The van der Waals surface area contributed by atoms with Gasteiger partial charge in [-0.1, -0.05) is 51.1 Å². The van der Waals surface area contributed by atoms with Gasteiger partial charge in [0.05, 0.1) is 5.75 Å². The third-order valence-electron chi connectivity index (χ3n) is 3.14. The van der Waals surface area contributed by atoms with Crippen LogP contribution >= 0.6 is 11.6 Å². The Morgan fingerprint density at radius 1 is 1.16 bits per heavy atom. The molecule has 0 amide bonds. The van der Waals surface area contributed by atoms with Crippen LogP contribution in [0.5, 0.6) is 0 Å². The van der Waals surface area contributed by atoms with Gasteiger partial charge in [0.1, 0.15) is 0 Å². The van der Waals surface area contributed by atoms with Crippen molar-refractivity contribution in [1.82, 2.24) is 4.72 Å². The van der Waals surface area contributed by atoms with Crippen molar-refractivity contribution in [3.8, 4) is 0 Å². The molecule has 0 spiro atoms. The fraction of sp³-hybridized carbons (Fsp3) is 0.571. The molecular weight excluding hydrogens is 282 g/mol. The summed E-state index contributed by atoms with van der Waals surface area (Å²) >= 11 is 5.80. The third-order valence-corrected chi connectivity index (χ3v) is 5.07. The van der Waals surface area contributed by atoms with Gasteiger partial charge >= 0.3 is 0 Å². The number of halogens is 1. The van der Waals surface area contributed by atoms with E-state index in [0.29, 0.717) is 0 Å². The highest BCUT2D eigenvalue weighted by atomic mass is 35.5. The minimum absolute atomic E-state index is 0.0400. The Labute approximate surface area is 121 Å². The minimum Gasteiger partial charge on any atom is -0.212 e. The van der Waals surface area contributed by atoms with Gasteiger partial charge in [-0.05, 0) is 17.4 Å². The van der Waals surface area contributed by atoms with Crippen LogP contribution in [0, 0.1) is 5.92 Å². The lowest BCUT2D eigenvalue weighted by atomic mass is 10.0. The van der Waals surface area contributed by atoms with Gasteiger partial charge in [-0.3, -0.25) is 0 Å². The molecule has 5 heteroatoms. The Hall–Kier alpha value is -0.580. The van der Waals surface area contributed by atoms with Crippen molar-refractivity contribution in [3.05, 3.63) is 35.9 Å². The Bertz CT molecular complexity index is 473. The summed E-state index contributed by atoms with van der Waals surface area (Å²) in [6.45, 7) is 5.83. The van der Waals surface area contributed by atoms with E-state index in [1.54, 1.807) is 0 Å². The van der Waals surface area contributed by atoms with Crippen LogP contribution in [0.25, 0.3) is 0 Å². The second kappa shape index (κ2) is 7.27. The number of rotatable bonds is 7. The van der Waals surface area contributed by atoms with Gasteiger partial charge in [0.25, 0.3) is 0 Å². The predicted octanol–water partition coefficient (Wildman–Crippen LogP) is 2.97. The maximum Gasteiger partial charge on any atom is 0.212 e. The standard InChI is InChI=1S/C14H22ClNO2S/c1-11(2)14(9-15)16-19(17,18)10-12(3)13-7-5-4-6-8-13/h4-8,11-12,14,16H,9-10H2,1-3H3. The smallest absolute Gasteiger partial charge is 0.212 e. The number of sulfonamides is 1. The molecule has 0 fully saturated rings. The minimum atomic E-state index is -3.32. The van der Waals surface area contributed by atoms with Crippen LogP contribution in [0.1, 0.15) is 32.3 Å². The average molecular weight is 304 g/mol. The van der Waals surface area contributed by atoms with E-state index in [2.05, 4.69) is 4.72 Å². The average Bonchev–Trinajstić information content (AvgIpc) is 2.36. The molecule has 0 aliphatic carbocycles. The molecule has 0 bridgehead atoms. The first-order chi connectivity index (χ1) is 8.85. The molecule has 2 unspecified atom stereocenters. The van der Waals surface area contributed by atoms with Crippen molar-refractivity contribution in [1.29, 1.82) is 0 Å². The van der Waals surface area contributed by atoms with Gasteiger partial charge in [-0.15, -0.1) is 11.6 Å². The number of benzene rings is 1. The summed E-state index contributed by atoms with van der Waals surface area (Å²) in [5, 5.41) is 0. The molecule has 1 rings (SSSR count). The van der Waals surface area contributed by atoms with E-state index in [1.165, 1.54) is 0 Å². The van der Waals surface area contributed by atoms with E-state index in [-0.39, 0.29) is 29.5 Å². The normalized spacial score (nSPS) is 15.4. The monoisotopic (exact) mass is 303 g/mol. The third kappa shape index (κ3) is 5.51. The fourth-order valence-electron chi connectivity index (χ4n) is 1.83. The molecule has 0 aromatic heterocycles. The Morgan fingerprint density at radius 3 is 2.21 bits per heavy atom. The highest BCUT2D eigenvalue weighted by Crippen LogP contribution is 2.17. The zero-order valence-electron chi connectivity index (χ0n) is 11.6. The second-order valence-electron chi connectivity index (χ2n) is 5.22. The van der Waals surface area contributed by atoms with Crippen LogP contribution in [0.4, 0.5) is 0 Å². The Morgan fingerprint density at radius 2 is 1.74 bits per heavy atom. The summed E-state index contributed by atoms with van der Waals surface area (Å²) in [5.41, 5.74) is 1.03. The molecule has 0 radical (unpaired) electrons. The zero-order valence-corrected chi connectivity index (χ0v) is 13.2. The van der Waals surface area contributed by atoms with E-state index < -0.39 is 10.0 Å². The summed E-state index contributed by atoms with van der Waals surface area (Å²) in [5.74, 6) is 0.509. The lowest BCUT2D eigenvalue weighted by Crippen LogP contribution is -2.41. The van der Waals surface area contributed by atoms with Gasteiger partial charge < -0.3 is 0 Å². The number of nitrogens with one attached hydrogen (secondary N) is 1. The van der Waals surface area contributed by atoms with Crippen molar-refractivity contribution < 1.29 is 8.42 Å². The van der Waals surface area contributed by atoms with Crippen LogP contribution in [-0.4, -0.2) is 26.1 Å².